The van der Waals surface area contributed by atoms with Crippen LogP contribution < -0.4 is 15.0 Å². The number of halogens is 4. The van der Waals surface area contributed by atoms with Gasteiger partial charge in [0.1, 0.15) is 17.0 Å². The Morgan fingerprint density at radius 1 is 1.20 bits per heavy atom. The molecule has 12 heteroatoms. The van der Waals surface area contributed by atoms with Gasteiger partial charge in [0.15, 0.2) is 5.75 Å². The lowest BCUT2D eigenvalue weighted by Gasteiger charge is -2.24. The van der Waals surface area contributed by atoms with Gasteiger partial charge in [-0.05, 0) is 87.4 Å². The number of aryl methyl sites for hydroxylation is 1. The van der Waals surface area contributed by atoms with Crippen LogP contribution in [0.4, 0.5) is 18.9 Å². The van der Waals surface area contributed by atoms with Gasteiger partial charge in [0.25, 0.3) is 0 Å². The molecule has 1 atom stereocenters. The lowest BCUT2D eigenvalue weighted by Crippen LogP contribution is -2.23. The molecular weight excluding hydrogens is 607 g/mol. The quantitative estimate of drug-likeness (QED) is 0.174. The Labute approximate surface area is 265 Å². The number of alkyl halides is 3. The smallest absolute Gasteiger partial charge is 0.416 e. The second-order valence-electron chi connectivity index (χ2n) is 11.7. The number of nitrogens with zero attached hydrogens (tertiary/aromatic N) is 4. The number of aromatic nitrogens is 3. The number of ether oxygens (including phenoxy) is 1. The standard InChI is InChI=1S/C21H23ClF3N3O2.C12H14N2O/c1-3-28(2)18-9-17(15(10-26-11-29)12-4-5-12)27-19(20(18)30)14-8-13(21(23,24)25)6-7-16(14)22;1-8-5-9-7-14(10-3-4-10)13-12(9)11(6-8)15-2/h6-9,11-12,15,30H,3-5,10H2,1-2H3,(H,26,29);5-7,10H,3-4H2,1-2H3. The number of carbonyl (C=O) groups excluding carboxylic acids is 1. The summed E-state index contributed by atoms with van der Waals surface area (Å²) in [5.41, 5.74) is 2.38. The number of hydrogen-bond donors (Lipinski definition) is 2. The minimum absolute atomic E-state index is 0.00402. The van der Waals surface area contributed by atoms with E-state index < -0.39 is 11.7 Å². The Hall–Kier alpha value is -3.99. The van der Waals surface area contributed by atoms with E-state index in [1.165, 1.54) is 23.8 Å². The number of aromatic hydroxyl groups is 1. The summed E-state index contributed by atoms with van der Waals surface area (Å²) >= 11 is 6.22. The maximum absolute atomic E-state index is 13.3. The summed E-state index contributed by atoms with van der Waals surface area (Å²) in [5, 5.41) is 19.4. The van der Waals surface area contributed by atoms with Gasteiger partial charge >= 0.3 is 6.18 Å². The number of nitrogens with one attached hydrogen (secondary N) is 1. The summed E-state index contributed by atoms with van der Waals surface area (Å²) in [4.78, 5) is 17.1. The van der Waals surface area contributed by atoms with Crippen molar-refractivity contribution in [1.29, 1.82) is 0 Å². The Bertz CT molecular complexity index is 1680. The Balaban J connectivity index is 0.000000220. The highest BCUT2D eigenvalue weighted by Gasteiger charge is 2.35. The van der Waals surface area contributed by atoms with Gasteiger partial charge in [0.05, 0.1) is 29.4 Å². The van der Waals surface area contributed by atoms with Crippen LogP contribution in [-0.2, 0) is 11.0 Å². The zero-order chi connectivity index (χ0) is 32.5. The van der Waals surface area contributed by atoms with Crippen LogP contribution in [0.3, 0.4) is 0 Å². The lowest BCUT2D eigenvalue weighted by atomic mass is 9.96. The van der Waals surface area contributed by atoms with Crippen LogP contribution in [0.1, 0.15) is 61.4 Å². The monoisotopic (exact) mass is 643 g/mol. The molecule has 0 aliphatic heterocycles. The minimum Gasteiger partial charge on any atom is -0.504 e. The van der Waals surface area contributed by atoms with E-state index in [0.29, 0.717) is 42.8 Å². The van der Waals surface area contributed by atoms with Gasteiger partial charge < -0.3 is 20.1 Å². The number of benzene rings is 2. The van der Waals surface area contributed by atoms with Crippen LogP contribution in [0.25, 0.3) is 22.2 Å². The van der Waals surface area contributed by atoms with Gasteiger partial charge in [-0.2, -0.15) is 18.3 Å². The lowest BCUT2D eigenvalue weighted by molar-refractivity contribution is -0.137. The van der Waals surface area contributed by atoms with Crippen molar-refractivity contribution in [3.8, 4) is 22.8 Å². The van der Waals surface area contributed by atoms with Crippen LogP contribution >= 0.6 is 11.6 Å². The summed E-state index contributed by atoms with van der Waals surface area (Å²) < 4.78 is 47.2. The number of fused-ring (bicyclic) bond motifs is 1. The van der Waals surface area contributed by atoms with E-state index in [1.807, 2.05) is 13.0 Å². The molecule has 240 valence electrons. The Kier molecular flexibility index (Phi) is 9.48. The van der Waals surface area contributed by atoms with E-state index in [0.717, 1.165) is 42.3 Å². The fourth-order valence-corrected chi connectivity index (χ4v) is 5.61. The number of rotatable bonds is 10. The first-order valence-corrected chi connectivity index (χ1v) is 15.4. The Morgan fingerprint density at radius 2 is 1.93 bits per heavy atom. The van der Waals surface area contributed by atoms with Crippen molar-refractivity contribution < 1.29 is 27.8 Å². The van der Waals surface area contributed by atoms with Crippen molar-refractivity contribution in [2.75, 3.05) is 32.1 Å². The van der Waals surface area contributed by atoms with Gasteiger partial charge in [0.2, 0.25) is 6.41 Å². The first-order valence-electron chi connectivity index (χ1n) is 15.0. The number of amides is 1. The second-order valence-corrected chi connectivity index (χ2v) is 12.1. The van der Waals surface area contributed by atoms with E-state index in [2.05, 4.69) is 39.3 Å². The van der Waals surface area contributed by atoms with Crippen molar-refractivity contribution in [3.63, 3.8) is 0 Å². The number of hydrogen-bond acceptors (Lipinski definition) is 6. The first kappa shape index (κ1) is 32.4. The molecule has 2 aromatic heterocycles. The third-order valence-electron chi connectivity index (χ3n) is 8.30. The summed E-state index contributed by atoms with van der Waals surface area (Å²) in [6.07, 6.45) is 2.66. The Morgan fingerprint density at radius 3 is 2.53 bits per heavy atom. The van der Waals surface area contributed by atoms with E-state index in [9.17, 15) is 23.1 Å². The van der Waals surface area contributed by atoms with Crippen LogP contribution in [0.2, 0.25) is 5.02 Å². The molecule has 0 spiro atoms. The zero-order valence-corrected chi connectivity index (χ0v) is 26.4. The molecule has 6 rings (SSSR count). The third kappa shape index (κ3) is 7.30. The molecule has 45 heavy (non-hydrogen) atoms. The average molecular weight is 644 g/mol. The van der Waals surface area contributed by atoms with E-state index in [4.69, 9.17) is 16.3 Å². The number of pyridine rings is 1. The van der Waals surface area contributed by atoms with Crippen molar-refractivity contribution >= 4 is 34.6 Å². The third-order valence-corrected chi connectivity index (χ3v) is 8.62. The van der Waals surface area contributed by atoms with Crippen LogP contribution in [0.5, 0.6) is 11.5 Å². The maximum Gasteiger partial charge on any atom is 0.416 e. The number of carbonyl (C=O) groups is 1. The molecule has 0 saturated heterocycles. The normalized spacial score (nSPS) is 15.3. The SMILES string of the molecule is CCN(C)c1cc(C(CNC=O)C2CC2)nc(-c2cc(C(F)(F)F)ccc2Cl)c1O.COc1cc(C)cc2cn(C3CC3)nc12. The number of anilines is 1. The molecule has 2 aliphatic carbocycles. The van der Waals surface area contributed by atoms with Gasteiger partial charge in [-0.25, -0.2) is 4.98 Å². The maximum atomic E-state index is 13.3. The molecule has 4 aromatic rings. The molecule has 2 heterocycles. The first-order chi connectivity index (χ1) is 21.4. The van der Waals surface area contributed by atoms with Crippen molar-refractivity contribution in [1.82, 2.24) is 20.1 Å². The summed E-state index contributed by atoms with van der Waals surface area (Å²) in [5.74, 6) is 0.855. The zero-order valence-electron chi connectivity index (χ0n) is 25.7. The molecule has 2 saturated carbocycles. The number of methoxy groups -OCH3 is 1. The molecule has 2 fully saturated rings. The molecule has 2 aliphatic rings. The largest absolute Gasteiger partial charge is 0.504 e. The van der Waals surface area contributed by atoms with Crippen molar-refractivity contribution in [3.05, 3.63) is 64.4 Å². The van der Waals surface area contributed by atoms with E-state index in [-0.39, 0.29) is 27.9 Å². The molecule has 2 N–H and O–H groups in total. The average Bonchev–Trinajstić information content (AvgIpc) is 3.95. The molecule has 1 amide bonds. The van der Waals surface area contributed by atoms with Crippen LogP contribution in [0, 0.1) is 12.8 Å². The van der Waals surface area contributed by atoms with E-state index in [1.54, 1.807) is 25.1 Å². The molecule has 8 nitrogen and oxygen atoms in total. The molecule has 0 bridgehead atoms. The predicted octanol–water partition coefficient (Wildman–Crippen LogP) is 7.51. The van der Waals surface area contributed by atoms with Crippen LogP contribution in [-0.4, -0.2) is 53.5 Å². The summed E-state index contributed by atoms with van der Waals surface area (Å²) in [6, 6.07) is 9.51. The van der Waals surface area contributed by atoms with Gasteiger partial charge in [-0.3, -0.25) is 9.48 Å². The highest BCUT2D eigenvalue weighted by atomic mass is 35.5. The second kappa shape index (κ2) is 13.2. The fraction of sp³-hybridized carbons (Fsp3) is 0.424. The van der Waals surface area contributed by atoms with Gasteiger partial charge in [-0.15, -0.1) is 0 Å². The molecule has 0 radical (unpaired) electrons. The minimum atomic E-state index is -4.56. The predicted molar refractivity (Wildman–Crippen MR) is 169 cm³/mol. The van der Waals surface area contributed by atoms with Gasteiger partial charge in [-0.1, -0.05) is 11.6 Å². The highest BCUT2D eigenvalue weighted by molar-refractivity contribution is 6.33. The fourth-order valence-electron chi connectivity index (χ4n) is 5.40. The molecule has 1 unspecified atom stereocenters. The molecular formula is C33H37ClF3N5O3. The van der Waals surface area contributed by atoms with E-state index >= 15 is 0 Å². The highest BCUT2D eigenvalue weighted by Crippen LogP contribution is 2.46. The summed E-state index contributed by atoms with van der Waals surface area (Å²) in [6.45, 7) is 4.89. The van der Waals surface area contributed by atoms with Gasteiger partial charge in [0, 0.05) is 48.9 Å². The van der Waals surface area contributed by atoms with Crippen molar-refractivity contribution in [2.45, 2.75) is 57.7 Å². The van der Waals surface area contributed by atoms with Crippen molar-refractivity contribution in [2.24, 2.45) is 5.92 Å². The van der Waals surface area contributed by atoms with Crippen LogP contribution in [0.15, 0.2) is 42.6 Å². The molecule has 2 aromatic carbocycles. The topological polar surface area (TPSA) is 92.5 Å². The summed E-state index contributed by atoms with van der Waals surface area (Å²) in [7, 11) is 3.47.